The molecule has 15 heavy (non-hydrogen) atoms. The number of carbonyl (C=O) groups is 1. The minimum absolute atomic E-state index is 0.156. The lowest BCUT2D eigenvalue weighted by Crippen LogP contribution is -2.27. The largest absolute Gasteiger partial charge is 0.348 e. The highest BCUT2D eigenvalue weighted by atomic mass is 32.2. The zero-order valence-corrected chi connectivity index (χ0v) is 10.1. The molecule has 5 nitrogen and oxygen atoms in total. The minimum atomic E-state index is -0.156. The third-order valence-electron chi connectivity index (χ3n) is 1.52. The third-order valence-corrected chi connectivity index (χ3v) is 3.48. The van der Waals surface area contributed by atoms with Gasteiger partial charge in [0.1, 0.15) is 5.82 Å². The van der Waals surface area contributed by atoms with Gasteiger partial charge in [0.2, 0.25) is 0 Å². The van der Waals surface area contributed by atoms with Gasteiger partial charge in [-0.1, -0.05) is 0 Å². The molecular weight excluding hydrogens is 232 g/mol. The Morgan fingerprint density at radius 2 is 2.47 bits per heavy atom. The summed E-state index contributed by atoms with van der Waals surface area (Å²) in [6.45, 7) is 0. The van der Waals surface area contributed by atoms with E-state index >= 15 is 0 Å². The summed E-state index contributed by atoms with van der Waals surface area (Å²) >= 11 is 3.19. The number of aromatic nitrogens is 2. The molecule has 0 saturated carbocycles. The van der Waals surface area contributed by atoms with Crippen LogP contribution in [-0.2, 0) is 5.75 Å². The van der Waals surface area contributed by atoms with Crippen LogP contribution in [0.4, 0.5) is 4.79 Å². The Balaban J connectivity index is 1.91. The summed E-state index contributed by atoms with van der Waals surface area (Å²) in [6, 6.07) is -0.156. The number of thioether (sulfide) groups is 1. The van der Waals surface area contributed by atoms with Gasteiger partial charge in [0.05, 0.1) is 5.75 Å². The highest BCUT2D eigenvalue weighted by Crippen LogP contribution is 2.09. The van der Waals surface area contributed by atoms with E-state index in [0.717, 1.165) is 23.1 Å². The maximum absolute atomic E-state index is 10.8. The smallest absolute Gasteiger partial charge is 0.324 e. The number of hydrogen-bond donors (Lipinski definition) is 3. The van der Waals surface area contributed by atoms with E-state index in [2.05, 4.69) is 20.0 Å². The van der Waals surface area contributed by atoms with Gasteiger partial charge in [0, 0.05) is 30.9 Å². The van der Waals surface area contributed by atoms with Crippen molar-refractivity contribution in [1.82, 2.24) is 20.0 Å². The van der Waals surface area contributed by atoms with Gasteiger partial charge >= 0.3 is 6.03 Å². The molecule has 1 rings (SSSR count). The Morgan fingerprint density at radius 3 is 3.13 bits per heavy atom. The molecule has 0 fully saturated rings. The first-order valence-corrected chi connectivity index (χ1v) is 6.62. The topological polar surface area (TPSA) is 69.8 Å². The summed E-state index contributed by atoms with van der Waals surface area (Å²) in [5.74, 6) is 3.74. The Labute approximate surface area is 97.3 Å². The van der Waals surface area contributed by atoms with E-state index in [-0.39, 0.29) is 6.03 Å². The van der Waals surface area contributed by atoms with Crippen molar-refractivity contribution in [3.63, 3.8) is 0 Å². The van der Waals surface area contributed by atoms with E-state index in [9.17, 15) is 4.79 Å². The minimum Gasteiger partial charge on any atom is -0.348 e. The van der Waals surface area contributed by atoms with Crippen molar-refractivity contribution >= 4 is 29.7 Å². The number of imidazole rings is 1. The van der Waals surface area contributed by atoms with Crippen LogP contribution in [0.25, 0.3) is 0 Å². The number of aromatic amines is 1. The quantitative estimate of drug-likeness (QED) is 0.521. The van der Waals surface area contributed by atoms with Crippen LogP contribution in [0.2, 0.25) is 0 Å². The molecule has 2 amide bonds. The number of nitrogens with zero attached hydrogens (tertiary/aromatic N) is 1. The van der Waals surface area contributed by atoms with Crippen LogP contribution in [0, 0.1) is 0 Å². The Bertz CT molecular complexity index is 278. The fourth-order valence-electron chi connectivity index (χ4n) is 0.814. The van der Waals surface area contributed by atoms with E-state index in [1.54, 1.807) is 25.0 Å². The Kier molecular flexibility index (Phi) is 6.10. The van der Waals surface area contributed by atoms with Crippen molar-refractivity contribution in [2.24, 2.45) is 0 Å². The van der Waals surface area contributed by atoms with Crippen LogP contribution in [0.3, 0.4) is 0 Å². The lowest BCUT2D eigenvalue weighted by Gasteiger charge is -2.02. The zero-order valence-electron chi connectivity index (χ0n) is 8.45. The van der Waals surface area contributed by atoms with Gasteiger partial charge in [0.25, 0.3) is 0 Å². The van der Waals surface area contributed by atoms with Crippen molar-refractivity contribution in [2.75, 3.05) is 18.6 Å². The van der Waals surface area contributed by atoms with Crippen LogP contribution in [-0.4, -0.2) is 34.6 Å². The molecule has 0 saturated heterocycles. The molecule has 1 aromatic rings. The molecule has 0 radical (unpaired) electrons. The Morgan fingerprint density at radius 1 is 1.60 bits per heavy atom. The van der Waals surface area contributed by atoms with Crippen LogP contribution in [0.1, 0.15) is 5.82 Å². The number of amides is 2. The normalized spacial score (nSPS) is 9.93. The van der Waals surface area contributed by atoms with E-state index in [4.69, 9.17) is 0 Å². The average Bonchev–Trinajstić information content (AvgIpc) is 2.75. The molecule has 0 aliphatic carbocycles. The van der Waals surface area contributed by atoms with Gasteiger partial charge in [-0.2, -0.15) is 11.8 Å². The van der Waals surface area contributed by atoms with Crippen molar-refractivity contribution < 1.29 is 4.79 Å². The highest BCUT2D eigenvalue weighted by molar-refractivity contribution is 8.01. The first-order chi connectivity index (χ1) is 7.33. The average molecular weight is 246 g/mol. The fraction of sp³-hybridized carbons (Fsp3) is 0.500. The molecule has 84 valence electrons. The van der Waals surface area contributed by atoms with E-state index < -0.39 is 0 Å². The summed E-state index contributed by atoms with van der Waals surface area (Å²) in [5.41, 5.74) is 0. The second-order valence-corrected chi connectivity index (χ2v) is 4.62. The SMILES string of the molecule is CNC(=O)NSCCSCc1ncc[nH]1. The maximum atomic E-state index is 10.8. The van der Waals surface area contributed by atoms with E-state index in [1.807, 2.05) is 6.20 Å². The number of hydrogen-bond acceptors (Lipinski definition) is 4. The van der Waals surface area contributed by atoms with Gasteiger partial charge in [0.15, 0.2) is 0 Å². The molecule has 1 aromatic heterocycles. The Hall–Kier alpha value is -0.820. The predicted molar refractivity (Wildman–Crippen MR) is 64.8 cm³/mol. The lowest BCUT2D eigenvalue weighted by atomic mass is 10.7. The van der Waals surface area contributed by atoms with Crippen molar-refractivity contribution in [2.45, 2.75) is 5.75 Å². The summed E-state index contributed by atoms with van der Waals surface area (Å²) in [6.07, 6.45) is 3.57. The maximum Gasteiger partial charge on any atom is 0.324 e. The number of carbonyl (C=O) groups excluding carboxylic acids is 1. The summed E-state index contributed by atoms with van der Waals surface area (Å²) in [5, 5.41) is 2.49. The summed E-state index contributed by atoms with van der Waals surface area (Å²) in [4.78, 5) is 17.9. The van der Waals surface area contributed by atoms with Crippen molar-refractivity contribution in [1.29, 1.82) is 0 Å². The lowest BCUT2D eigenvalue weighted by molar-refractivity contribution is 0.248. The monoisotopic (exact) mass is 246 g/mol. The number of H-pyrrole nitrogens is 1. The first-order valence-electron chi connectivity index (χ1n) is 4.48. The molecular formula is C8H14N4OS2. The second-order valence-electron chi connectivity index (χ2n) is 2.62. The van der Waals surface area contributed by atoms with E-state index in [0.29, 0.717) is 0 Å². The molecule has 0 aromatic carbocycles. The van der Waals surface area contributed by atoms with Crippen LogP contribution in [0.5, 0.6) is 0 Å². The number of rotatable bonds is 6. The number of nitrogens with one attached hydrogen (secondary N) is 3. The standard InChI is InChI=1S/C8H14N4OS2/c1-9-8(13)12-15-5-4-14-6-7-10-2-3-11-7/h2-3H,4-6H2,1H3,(H,10,11)(H2,9,12,13). The second kappa shape index (κ2) is 7.47. The highest BCUT2D eigenvalue weighted by Gasteiger charge is 1.97. The summed E-state index contributed by atoms with van der Waals surface area (Å²) in [7, 11) is 1.60. The molecule has 0 atom stereocenters. The number of urea groups is 1. The van der Waals surface area contributed by atoms with Crippen LogP contribution < -0.4 is 10.0 Å². The van der Waals surface area contributed by atoms with Gasteiger partial charge in [-0.3, -0.25) is 4.72 Å². The molecule has 3 N–H and O–H groups in total. The molecule has 0 spiro atoms. The third kappa shape index (κ3) is 5.58. The van der Waals surface area contributed by atoms with Crippen molar-refractivity contribution in [3.8, 4) is 0 Å². The van der Waals surface area contributed by atoms with Gasteiger partial charge in [-0.05, 0) is 11.9 Å². The molecule has 7 heteroatoms. The van der Waals surface area contributed by atoms with Gasteiger partial charge < -0.3 is 10.3 Å². The van der Waals surface area contributed by atoms with Crippen LogP contribution >= 0.6 is 23.7 Å². The molecule has 0 aliphatic heterocycles. The van der Waals surface area contributed by atoms with Gasteiger partial charge in [-0.15, -0.1) is 0 Å². The fourth-order valence-corrected chi connectivity index (χ4v) is 2.45. The zero-order chi connectivity index (χ0) is 10.9. The van der Waals surface area contributed by atoms with E-state index in [1.165, 1.54) is 11.9 Å². The van der Waals surface area contributed by atoms with Crippen LogP contribution in [0.15, 0.2) is 12.4 Å². The molecule has 1 heterocycles. The predicted octanol–water partition coefficient (Wildman–Crippen LogP) is 1.22. The molecule has 0 unspecified atom stereocenters. The van der Waals surface area contributed by atoms with Gasteiger partial charge in [-0.25, -0.2) is 9.78 Å². The van der Waals surface area contributed by atoms with Crippen molar-refractivity contribution in [3.05, 3.63) is 18.2 Å². The first kappa shape index (κ1) is 12.3. The summed E-state index contributed by atoms with van der Waals surface area (Å²) < 4.78 is 2.66. The molecule has 0 bridgehead atoms. The molecule has 0 aliphatic rings.